The van der Waals surface area contributed by atoms with Crippen molar-refractivity contribution in [1.82, 2.24) is 9.88 Å². The van der Waals surface area contributed by atoms with Gasteiger partial charge in [-0.25, -0.2) is 4.98 Å². The number of likely N-dealkylation sites (N-methyl/N-ethyl adjacent to an activating group) is 1. The zero-order valence-corrected chi connectivity index (χ0v) is 20.0. The second-order valence-electron chi connectivity index (χ2n) is 7.46. The molecule has 2 heterocycles. The molecule has 0 saturated carbocycles. The first-order valence-corrected chi connectivity index (χ1v) is 11.6. The third-order valence-corrected chi connectivity index (χ3v) is 6.94. The number of halogens is 2. The van der Waals surface area contributed by atoms with E-state index in [2.05, 4.69) is 27.1 Å². The summed E-state index contributed by atoms with van der Waals surface area (Å²) in [7, 11) is 3.78. The molecule has 1 saturated heterocycles. The maximum Gasteiger partial charge on any atom is 0.209 e. The van der Waals surface area contributed by atoms with Gasteiger partial charge in [-0.05, 0) is 31.3 Å². The maximum absolute atomic E-state index is 13.0. The summed E-state index contributed by atoms with van der Waals surface area (Å²) in [6, 6.07) is 10.8. The van der Waals surface area contributed by atoms with Gasteiger partial charge in [0.25, 0.3) is 0 Å². The number of thiazole rings is 1. The number of nitrogens with zero attached hydrogens (tertiary/aromatic N) is 3. The van der Waals surface area contributed by atoms with Crippen molar-refractivity contribution >= 4 is 62.6 Å². The summed E-state index contributed by atoms with van der Waals surface area (Å²) >= 11 is 13.5. The molecule has 1 fully saturated rings. The first-order valence-electron chi connectivity index (χ1n) is 10.0. The van der Waals surface area contributed by atoms with Crippen LogP contribution in [-0.4, -0.2) is 56.0 Å². The molecular formula is C22H23Cl2N5O2S. The van der Waals surface area contributed by atoms with E-state index in [9.17, 15) is 4.79 Å². The van der Waals surface area contributed by atoms with Gasteiger partial charge in [-0.2, -0.15) is 0 Å². The summed E-state index contributed by atoms with van der Waals surface area (Å²) < 4.78 is 5.63. The minimum Gasteiger partial charge on any atom is -0.495 e. The molecule has 32 heavy (non-hydrogen) atoms. The van der Waals surface area contributed by atoms with Gasteiger partial charge in [-0.15, -0.1) is 0 Å². The van der Waals surface area contributed by atoms with E-state index < -0.39 is 0 Å². The highest BCUT2D eigenvalue weighted by molar-refractivity contribution is 7.18. The first-order chi connectivity index (χ1) is 15.4. The molecule has 2 aromatic carbocycles. The van der Waals surface area contributed by atoms with Crippen LogP contribution in [0.5, 0.6) is 5.75 Å². The lowest BCUT2D eigenvalue weighted by Crippen LogP contribution is -2.44. The molecule has 0 amide bonds. The molecule has 0 radical (unpaired) electrons. The number of ether oxygens (including phenoxy) is 1. The number of carbonyl (C=O) groups is 1. The van der Waals surface area contributed by atoms with Crippen molar-refractivity contribution in [2.45, 2.75) is 0 Å². The number of nitrogens with one attached hydrogen (secondary N) is 1. The van der Waals surface area contributed by atoms with Crippen LogP contribution < -0.4 is 20.7 Å². The zero-order valence-electron chi connectivity index (χ0n) is 17.7. The monoisotopic (exact) mass is 491 g/mol. The van der Waals surface area contributed by atoms with Crippen LogP contribution in [0.4, 0.5) is 22.3 Å². The number of ketones is 1. The number of rotatable bonds is 6. The lowest BCUT2D eigenvalue weighted by Gasteiger charge is -2.34. The Morgan fingerprint density at radius 1 is 1.16 bits per heavy atom. The van der Waals surface area contributed by atoms with Crippen LogP contribution in [0.3, 0.4) is 0 Å². The summed E-state index contributed by atoms with van der Waals surface area (Å²) in [4.78, 5) is 22.2. The molecule has 4 rings (SSSR count). The second kappa shape index (κ2) is 9.54. The Morgan fingerprint density at radius 2 is 1.84 bits per heavy atom. The van der Waals surface area contributed by atoms with E-state index in [-0.39, 0.29) is 32.1 Å². The molecule has 0 bridgehead atoms. The molecule has 3 N–H and O–H groups in total. The van der Waals surface area contributed by atoms with Gasteiger partial charge in [0, 0.05) is 37.9 Å². The Kier molecular flexibility index (Phi) is 6.76. The topological polar surface area (TPSA) is 83.7 Å². The Morgan fingerprint density at radius 3 is 2.50 bits per heavy atom. The summed E-state index contributed by atoms with van der Waals surface area (Å²) in [5.74, 6) is 0.536. The molecule has 168 valence electrons. The van der Waals surface area contributed by atoms with Gasteiger partial charge in [0.2, 0.25) is 5.78 Å². The number of piperazine rings is 1. The molecule has 0 spiro atoms. The largest absolute Gasteiger partial charge is 0.495 e. The number of hydrogen-bond donors (Lipinski definition) is 2. The normalized spacial score (nSPS) is 14.4. The third-order valence-electron chi connectivity index (χ3n) is 5.32. The van der Waals surface area contributed by atoms with Gasteiger partial charge in [0.05, 0.1) is 28.4 Å². The second-order valence-corrected chi connectivity index (χ2v) is 9.27. The van der Waals surface area contributed by atoms with Crippen LogP contribution in [0.2, 0.25) is 10.0 Å². The van der Waals surface area contributed by atoms with E-state index >= 15 is 0 Å². The SMILES string of the molecule is COc1cc(Nc2nc(N)c(C(=O)c3c(Cl)cccc3Cl)s2)ccc1N1CCN(C)CC1. The van der Waals surface area contributed by atoms with Crippen molar-refractivity contribution < 1.29 is 9.53 Å². The van der Waals surface area contributed by atoms with Crippen molar-refractivity contribution in [2.75, 3.05) is 56.3 Å². The van der Waals surface area contributed by atoms with Gasteiger partial charge in [0.15, 0.2) is 5.13 Å². The highest BCUT2D eigenvalue weighted by Crippen LogP contribution is 2.36. The Bertz CT molecular complexity index is 1130. The number of nitrogen functional groups attached to an aromatic ring is 1. The van der Waals surface area contributed by atoms with Crippen LogP contribution in [0.1, 0.15) is 15.2 Å². The van der Waals surface area contributed by atoms with Crippen molar-refractivity contribution in [3.05, 3.63) is 56.9 Å². The average molecular weight is 492 g/mol. The van der Waals surface area contributed by atoms with Crippen LogP contribution in [0, 0.1) is 0 Å². The Hall–Kier alpha value is -2.52. The molecule has 0 atom stereocenters. The van der Waals surface area contributed by atoms with E-state index in [0.29, 0.717) is 5.13 Å². The van der Waals surface area contributed by atoms with E-state index in [1.807, 2.05) is 18.2 Å². The van der Waals surface area contributed by atoms with Crippen molar-refractivity contribution in [2.24, 2.45) is 0 Å². The van der Waals surface area contributed by atoms with Gasteiger partial charge >= 0.3 is 0 Å². The average Bonchev–Trinajstić information content (AvgIpc) is 3.14. The standard InChI is InChI=1S/C22H23Cl2N5O2S/c1-28-8-10-29(11-9-28)16-7-6-13(12-17(16)31-2)26-22-27-21(25)20(32-22)19(30)18-14(23)4-3-5-15(18)24/h3-7,12H,8-11,25H2,1-2H3,(H,26,27). The third kappa shape index (κ3) is 4.63. The first kappa shape index (κ1) is 22.7. The Labute approximate surface area is 200 Å². The fraction of sp³-hybridized carbons (Fsp3) is 0.273. The molecule has 0 aliphatic carbocycles. The number of hydrogen-bond acceptors (Lipinski definition) is 8. The van der Waals surface area contributed by atoms with E-state index in [4.69, 9.17) is 33.7 Å². The lowest BCUT2D eigenvalue weighted by molar-refractivity contribution is 0.104. The van der Waals surface area contributed by atoms with Gasteiger partial charge < -0.3 is 25.6 Å². The van der Waals surface area contributed by atoms with Crippen molar-refractivity contribution in [1.29, 1.82) is 0 Å². The molecule has 1 aliphatic rings. The number of methoxy groups -OCH3 is 1. The highest BCUT2D eigenvalue weighted by atomic mass is 35.5. The fourth-order valence-corrected chi connectivity index (χ4v) is 4.98. The molecule has 0 unspecified atom stereocenters. The Balaban J connectivity index is 1.56. The smallest absolute Gasteiger partial charge is 0.209 e. The zero-order chi connectivity index (χ0) is 22.8. The molecule has 1 aliphatic heterocycles. The molecule has 10 heteroatoms. The van der Waals surface area contributed by atoms with Crippen LogP contribution >= 0.6 is 34.5 Å². The number of carbonyl (C=O) groups excluding carboxylic acids is 1. The van der Waals surface area contributed by atoms with Gasteiger partial charge in [-0.1, -0.05) is 40.6 Å². The van der Waals surface area contributed by atoms with Crippen molar-refractivity contribution in [3.8, 4) is 5.75 Å². The molecular weight excluding hydrogens is 469 g/mol. The minimum absolute atomic E-state index is 0.125. The van der Waals surface area contributed by atoms with E-state index in [1.54, 1.807) is 25.3 Å². The summed E-state index contributed by atoms with van der Waals surface area (Å²) in [5, 5.41) is 4.25. The predicted molar refractivity (Wildman–Crippen MR) is 132 cm³/mol. The summed E-state index contributed by atoms with van der Waals surface area (Å²) in [5.41, 5.74) is 8.09. The maximum atomic E-state index is 13.0. The van der Waals surface area contributed by atoms with E-state index in [1.165, 1.54) is 0 Å². The lowest BCUT2D eigenvalue weighted by atomic mass is 10.1. The number of nitrogens with two attached hydrogens (primary N) is 1. The molecule has 7 nitrogen and oxygen atoms in total. The number of anilines is 4. The minimum atomic E-state index is -0.355. The highest BCUT2D eigenvalue weighted by Gasteiger charge is 2.23. The number of aromatic nitrogens is 1. The predicted octanol–water partition coefficient (Wildman–Crippen LogP) is 4.77. The molecule has 3 aromatic rings. The van der Waals surface area contributed by atoms with E-state index in [0.717, 1.165) is 54.6 Å². The van der Waals surface area contributed by atoms with Crippen molar-refractivity contribution in [3.63, 3.8) is 0 Å². The van der Waals surface area contributed by atoms with Crippen LogP contribution in [0.15, 0.2) is 36.4 Å². The van der Waals surface area contributed by atoms with Crippen LogP contribution in [-0.2, 0) is 0 Å². The quantitative estimate of drug-likeness (QED) is 0.480. The summed E-state index contributed by atoms with van der Waals surface area (Å²) in [6.07, 6.45) is 0. The fourth-order valence-electron chi connectivity index (χ4n) is 3.56. The number of benzene rings is 2. The molecule has 1 aromatic heterocycles. The summed E-state index contributed by atoms with van der Waals surface area (Å²) in [6.45, 7) is 3.90. The van der Waals surface area contributed by atoms with Crippen LogP contribution in [0.25, 0.3) is 0 Å². The van der Waals surface area contributed by atoms with Gasteiger partial charge in [-0.3, -0.25) is 4.79 Å². The van der Waals surface area contributed by atoms with Gasteiger partial charge in [0.1, 0.15) is 16.4 Å².